The van der Waals surface area contributed by atoms with Gasteiger partial charge >= 0.3 is 47.9 Å². The molecule has 224 valence electrons. The molecule has 0 aliphatic heterocycles. The number of carbonyl (C=O) groups excluding carboxylic acids is 1. The largest absolute Gasteiger partial charge is 0.460 e. The highest BCUT2D eigenvalue weighted by atomic mass is 32.2. The number of alkyl halides is 18. The summed E-state index contributed by atoms with van der Waals surface area (Å²) in [5, 5.41) is 1.30. The van der Waals surface area contributed by atoms with Crippen LogP contribution in [-0.4, -0.2) is 69.9 Å². The molecule has 0 bridgehead atoms. The van der Waals surface area contributed by atoms with Gasteiger partial charge in [-0.05, 0) is 45.5 Å². The second-order valence-electron chi connectivity index (χ2n) is 7.86. The van der Waals surface area contributed by atoms with Crippen molar-refractivity contribution in [3.05, 3.63) is 0 Å². The standard InChI is InChI=1S/C9H19OS.C8F18/c1-7(2)11(8(3)4)6-9(5)10;9-1(10,3(13,14)5(17,18)7(21,22)23)2(11,12)4(15,16)6(19,20)8(24,25)26/h7-8H,6H2,1-5H3;/q+1;. The lowest BCUT2D eigenvalue weighted by atomic mass is 9.91. The fourth-order valence-corrected chi connectivity index (χ4v) is 4.48. The number of halogens is 18. The molecule has 0 unspecified atom stereocenters. The van der Waals surface area contributed by atoms with Crippen LogP contribution in [0.2, 0.25) is 0 Å². The van der Waals surface area contributed by atoms with Crippen molar-refractivity contribution in [1.29, 1.82) is 0 Å². The maximum Gasteiger partial charge on any atom is 0.460 e. The Bertz CT molecular complexity index is 709. The maximum atomic E-state index is 12.8. The van der Waals surface area contributed by atoms with Gasteiger partial charge < -0.3 is 0 Å². The first-order valence-electron chi connectivity index (χ1n) is 9.28. The van der Waals surface area contributed by atoms with Crippen LogP contribution in [0.25, 0.3) is 0 Å². The Labute approximate surface area is 200 Å². The summed E-state index contributed by atoms with van der Waals surface area (Å²) in [7, 11) is 0.292. The first kappa shape index (κ1) is 37.9. The van der Waals surface area contributed by atoms with Gasteiger partial charge in [0.15, 0.2) is 11.5 Å². The predicted molar refractivity (Wildman–Crippen MR) is 95.0 cm³/mol. The van der Waals surface area contributed by atoms with Crippen LogP contribution in [0.4, 0.5) is 79.0 Å². The van der Waals surface area contributed by atoms with Gasteiger partial charge in [0, 0.05) is 0 Å². The Hall–Kier alpha value is -1.24. The van der Waals surface area contributed by atoms with E-state index in [9.17, 15) is 83.8 Å². The monoisotopic (exact) mass is 613 g/mol. The van der Waals surface area contributed by atoms with E-state index in [0.29, 0.717) is 27.2 Å². The smallest absolute Gasteiger partial charge is 0.295 e. The molecule has 0 aromatic heterocycles. The summed E-state index contributed by atoms with van der Waals surface area (Å²) in [4.78, 5) is 10.9. The Morgan fingerprint density at radius 2 is 0.676 bits per heavy atom. The number of hydrogen-bond donors (Lipinski definition) is 0. The van der Waals surface area contributed by atoms with Gasteiger partial charge in [-0.25, -0.2) is 0 Å². The van der Waals surface area contributed by atoms with E-state index in [1.807, 2.05) is 0 Å². The van der Waals surface area contributed by atoms with Crippen LogP contribution in [0.5, 0.6) is 0 Å². The summed E-state index contributed by atoms with van der Waals surface area (Å²) in [6.07, 6.45) is -15.6. The van der Waals surface area contributed by atoms with E-state index in [1.54, 1.807) is 6.92 Å². The highest BCUT2D eigenvalue weighted by Crippen LogP contribution is 2.63. The molecule has 0 fully saturated rings. The van der Waals surface area contributed by atoms with E-state index in [2.05, 4.69) is 27.7 Å². The van der Waals surface area contributed by atoms with Crippen LogP contribution in [0.1, 0.15) is 34.6 Å². The maximum absolute atomic E-state index is 12.8. The number of hydrogen-bond acceptors (Lipinski definition) is 1. The number of ketones is 1. The van der Waals surface area contributed by atoms with Crippen molar-refractivity contribution in [1.82, 2.24) is 0 Å². The van der Waals surface area contributed by atoms with E-state index in [0.717, 1.165) is 5.75 Å². The fraction of sp³-hybridized carbons (Fsp3) is 0.941. The summed E-state index contributed by atoms with van der Waals surface area (Å²) in [5.74, 6) is -49.9. The topological polar surface area (TPSA) is 17.1 Å². The van der Waals surface area contributed by atoms with Gasteiger partial charge in [-0.1, -0.05) is 0 Å². The quantitative estimate of drug-likeness (QED) is 0.191. The molecule has 0 saturated carbocycles. The molecule has 0 aromatic carbocycles. The zero-order valence-corrected chi connectivity index (χ0v) is 19.8. The fourth-order valence-electron chi connectivity index (χ4n) is 2.26. The molecular formula is C17H19F18OS+. The SMILES string of the molecule is CC(=O)C[S+](C(C)C)C(C)C.FC(F)(F)C(F)(F)C(F)(F)C(F)(F)C(F)(F)C(F)(F)C(F)(F)C(F)(F)F. The molecule has 0 N–H and O–H groups in total. The molecule has 0 aliphatic rings. The van der Waals surface area contributed by atoms with Gasteiger partial charge in [0.2, 0.25) is 0 Å². The lowest BCUT2D eigenvalue weighted by molar-refractivity contribution is -0.468. The molecule has 20 heteroatoms. The van der Waals surface area contributed by atoms with Gasteiger partial charge in [0.1, 0.15) is 10.5 Å². The zero-order valence-electron chi connectivity index (χ0n) is 19.0. The van der Waals surface area contributed by atoms with Crippen molar-refractivity contribution in [3.8, 4) is 0 Å². The minimum atomic E-state index is -8.72. The summed E-state index contributed by atoms with van der Waals surface area (Å²) < 4.78 is 221. The molecule has 0 aromatic rings. The average molecular weight is 613 g/mol. The van der Waals surface area contributed by atoms with Crippen molar-refractivity contribution in [2.75, 3.05) is 5.75 Å². The molecular weight excluding hydrogens is 594 g/mol. The molecule has 0 saturated heterocycles. The average Bonchev–Trinajstić information content (AvgIpc) is 2.63. The zero-order chi connectivity index (χ0) is 31.0. The van der Waals surface area contributed by atoms with Crippen LogP contribution in [-0.2, 0) is 15.7 Å². The van der Waals surface area contributed by atoms with Crippen LogP contribution in [0.15, 0.2) is 0 Å². The Kier molecular flexibility index (Phi) is 11.4. The highest BCUT2D eigenvalue weighted by molar-refractivity contribution is 7.98. The molecule has 0 atom stereocenters. The van der Waals surface area contributed by atoms with Crippen molar-refractivity contribution in [3.63, 3.8) is 0 Å². The summed E-state index contributed by atoms with van der Waals surface area (Å²) in [5.41, 5.74) is 0. The van der Waals surface area contributed by atoms with E-state index in [1.165, 1.54) is 0 Å². The third-order valence-electron chi connectivity index (χ3n) is 4.26. The number of rotatable bonds is 9. The molecule has 1 nitrogen and oxygen atoms in total. The third kappa shape index (κ3) is 6.86. The second-order valence-corrected chi connectivity index (χ2v) is 11.0. The molecule has 0 radical (unpaired) electrons. The number of Topliss-reactive ketones (excluding diaryl/α,β-unsaturated/α-hetero) is 1. The van der Waals surface area contributed by atoms with Crippen molar-refractivity contribution in [2.24, 2.45) is 0 Å². The van der Waals surface area contributed by atoms with Gasteiger partial charge in [0.25, 0.3) is 0 Å². The first-order valence-corrected chi connectivity index (χ1v) is 10.8. The molecule has 37 heavy (non-hydrogen) atoms. The molecule has 0 heterocycles. The van der Waals surface area contributed by atoms with Crippen LogP contribution < -0.4 is 0 Å². The Balaban J connectivity index is 0. The molecule has 0 rings (SSSR count). The van der Waals surface area contributed by atoms with Crippen molar-refractivity contribution < 1.29 is 83.8 Å². The lowest BCUT2D eigenvalue weighted by Crippen LogP contribution is -2.74. The van der Waals surface area contributed by atoms with E-state index in [4.69, 9.17) is 0 Å². The number of carbonyl (C=O) groups is 1. The highest BCUT2D eigenvalue weighted by Gasteiger charge is 2.95. The summed E-state index contributed by atoms with van der Waals surface area (Å²) in [6, 6.07) is 0. The summed E-state index contributed by atoms with van der Waals surface area (Å²) >= 11 is 0. The van der Waals surface area contributed by atoms with E-state index < -0.39 is 47.9 Å². The lowest BCUT2D eigenvalue weighted by Gasteiger charge is -2.41. The van der Waals surface area contributed by atoms with E-state index >= 15 is 0 Å². The first-order chi connectivity index (χ1) is 15.7. The van der Waals surface area contributed by atoms with Crippen LogP contribution in [0, 0.1) is 0 Å². The Morgan fingerprint density at radius 3 is 0.784 bits per heavy atom. The van der Waals surface area contributed by atoms with Crippen LogP contribution >= 0.6 is 0 Å². The minimum absolute atomic E-state index is 0.292. The van der Waals surface area contributed by atoms with Gasteiger partial charge in [-0.3, -0.25) is 4.79 Å². The second kappa shape index (κ2) is 11.1. The molecule has 0 aliphatic carbocycles. The normalized spacial score (nSPS) is 15.3. The predicted octanol–water partition coefficient (Wildman–Crippen LogP) is 7.93. The van der Waals surface area contributed by atoms with Crippen LogP contribution in [0.3, 0.4) is 0 Å². The minimum Gasteiger partial charge on any atom is -0.295 e. The van der Waals surface area contributed by atoms with E-state index in [-0.39, 0.29) is 0 Å². The van der Waals surface area contributed by atoms with Gasteiger partial charge in [-0.2, -0.15) is 79.0 Å². The summed E-state index contributed by atoms with van der Waals surface area (Å²) in [6.45, 7) is 10.5. The molecule has 0 amide bonds. The Morgan fingerprint density at radius 1 is 0.486 bits per heavy atom. The van der Waals surface area contributed by atoms with Gasteiger partial charge in [-0.15, -0.1) is 0 Å². The third-order valence-corrected chi connectivity index (χ3v) is 7.43. The van der Waals surface area contributed by atoms with Crippen molar-refractivity contribution in [2.45, 2.75) is 93.0 Å². The molecule has 0 spiro atoms. The van der Waals surface area contributed by atoms with Crippen molar-refractivity contribution >= 4 is 16.7 Å². The van der Waals surface area contributed by atoms with Gasteiger partial charge in [0.05, 0.1) is 0 Å².